The Hall–Kier alpha value is -1.10. The summed E-state index contributed by atoms with van der Waals surface area (Å²) in [5.41, 5.74) is -0.168. The molecule has 0 aromatic carbocycles. The molecule has 0 radical (unpaired) electrons. The third kappa shape index (κ3) is 6.77. The normalized spacial score (nSPS) is 18.6. The summed E-state index contributed by atoms with van der Waals surface area (Å²) in [6, 6.07) is -0.519. The maximum atomic E-state index is 12.3. The van der Waals surface area contributed by atoms with Crippen LogP contribution in [-0.4, -0.2) is 36.6 Å². The van der Waals surface area contributed by atoms with Gasteiger partial charge in [-0.1, -0.05) is 20.8 Å². The van der Waals surface area contributed by atoms with Gasteiger partial charge in [0.25, 0.3) is 0 Å². The van der Waals surface area contributed by atoms with E-state index in [-0.39, 0.29) is 28.7 Å². The molecule has 1 unspecified atom stereocenters. The van der Waals surface area contributed by atoms with E-state index in [0.29, 0.717) is 13.2 Å². The van der Waals surface area contributed by atoms with Crippen LogP contribution in [0.4, 0.5) is 0 Å². The molecule has 0 spiro atoms. The molecule has 1 aliphatic heterocycles. The van der Waals surface area contributed by atoms with Crippen molar-refractivity contribution in [1.82, 2.24) is 10.6 Å². The van der Waals surface area contributed by atoms with E-state index in [2.05, 4.69) is 31.4 Å². The molecule has 5 nitrogen and oxygen atoms in total. The Bertz CT molecular complexity index is 393. The Morgan fingerprint density at radius 2 is 1.68 bits per heavy atom. The van der Waals surface area contributed by atoms with Crippen LogP contribution in [0.5, 0.6) is 0 Å². The van der Waals surface area contributed by atoms with Crippen LogP contribution >= 0.6 is 0 Å². The van der Waals surface area contributed by atoms with E-state index in [9.17, 15) is 9.59 Å². The molecule has 1 fully saturated rings. The maximum absolute atomic E-state index is 12.3. The Morgan fingerprint density at radius 3 is 2.18 bits per heavy atom. The molecule has 0 aliphatic carbocycles. The Kier molecular flexibility index (Phi) is 6.41. The topological polar surface area (TPSA) is 67.4 Å². The highest BCUT2D eigenvalue weighted by molar-refractivity contribution is 5.88. The predicted molar refractivity (Wildman–Crippen MR) is 87.4 cm³/mol. The van der Waals surface area contributed by atoms with Gasteiger partial charge in [0.15, 0.2) is 0 Å². The van der Waals surface area contributed by atoms with Gasteiger partial charge in [-0.25, -0.2) is 0 Å². The molecule has 22 heavy (non-hydrogen) atoms. The van der Waals surface area contributed by atoms with Crippen molar-refractivity contribution >= 4 is 11.8 Å². The summed E-state index contributed by atoms with van der Waals surface area (Å²) in [5, 5.41) is 5.87. The Balaban J connectivity index is 2.48. The molecule has 2 amide bonds. The minimum Gasteiger partial charge on any atom is -0.381 e. The van der Waals surface area contributed by atoms with Gasteiger partial charge in [-0.3, -0.25) is 9.59 Å². The van der Waals surface area contributed by atoms with Crippen molar-refractivity contribution < 1.29 is 14.3 Å². The van der Waals surface area contributed by atoms with Crippen LogP contribution in [0.15, 0.2) is 0 Å². The first-order chi connectivity index (χ1) is 10.0. The lowest BCUT2D eigenvalue weighted by Crippen LogP contribution is -2.54. The standard InChI is InChI=1S/C17H32N2O3/c1-12(18-15(21)13-7-9-22-10-8-13)14(20)19-17(5,6)11-16(2,3)4/h12-13H,7-11H2,1-6H3,(H,18,21)(H,19,20). The van der Waals surface area contributed by atoms with Crippen LogP contribution in [0.25, 0.3) is 0 Å². The van der Waals surface area contributed by atoms with Gasteiger partial charge in [-0.2, -0.15) is 0 Å². The molecule has 5 heteroatoms. The smallest absolute Gasteiger partial charge is 0.242 e. The number of carbonyl (C=O) groups is 2. The summed E-state index contributed by atoms with van der Waals surface area (Å²) in [4.78, 5) is 24.5. The summed E-state index contributed by atoms with van der Waals surface area (Å²) < 4.78 is 5.26. The van der Waals surface area contributed by atoms with Crippen LogP contribution in [0.3, 0.4) is 0 Å². The maximum Gasteiger partial charge on any atom is 0.242 e. The number of ether oxygens (including phenoxy) is 1. The third-order valence-corrected chi connectivity index (χ3v) is 3.78. The first-order valence-corrected chi connectivity index (χ1v) is 8.20. The largest absolute Gasteiger partial charge is 0.381 e. The summed E-state index contributed by atoms with van der Waals surface area (Å²) >= 11 is 0. The lowest BCUT2D eigenvalue weighted by Gasteiger charge is -2.34. The van der Waals surface area contributed by atoms with Gasteiger partial charge in [-0.05, 0) is 45.4 Å². The molecule has 0 aromatic rings. The van der Waals surface area contributed by atoms with E-state index >= 15 is 0 Å². The van der Waals surface area contributed by atoms with Gasteiger partial charge in [0.05, 0.1) is 0 Å². The Labute approximate surface area is 134 Å². The molecule has 0 bridgehead atoms. The van der Waals surface area contributed by atoms with Crippen molar-refractivity contribution in [2.45, 2.75) is 72.4 Å². The Morgan fingerprint density at radius 1 is 1.14 bits per heavy atom. The first kappa shape index (κ1) is 18.9. The minimum atomic E-state index is -0.519. The number of carbonyl (C=O) groups excluding carboxylic acids is 2. The summed E-state index contributed by atoms with van der Waals surface area (Å²) in [6.45, 7) is 13.5. The summed E-state index contributed by atoms with van der Waals surface area (Å²) in [5.74, 6) is -0.208. The second-order valence-electron chi connectivity index (χ2n) is 8.23. The van der Waals surface area contributed by atoms with Gasteiger partial charge in [0.2, 0.25) is 11.8 Å². The average Bonchev–Trinajstić information content (AvgIpc) is 2.36. The molecule has 2 N–H and O–H groups in total. The van der Waals surface area contributed by atoms with Gasteiger partial charge in [0.1, 0.15) is 6.04 Å². The fourth-order valence-corrected chi connectivity index (χ4v) is 3.17. The summed E-state index contributed by atoms with van der Waals surface area (Å²) in [7, 11) is 0. The van der Waals surface area contributed by atoms with Gasteiger partial charge in [-0.15, -0.1) is 0 Å². The highest BCUT2D eigenvalue weighted by Crippen LogP contribution is 2.26. The molecule has 0 saturated carbocycles. The molecule has 128 valence electrons. The average molecular weight is 312 g/mol. The zero-order valence-corrected chi connectivity index (χ0v) is 14.9. The number of amides is 2. The van der Waals surface area contributed by atoms with Crippen molar-refractivity contribution in [3.8, 4) is 0 Å². The molecule has 1 heterocycles. The van der Waals surface area contributed by atoms with Crippen LogP contribution < -0.4 is 10.6 Å². The zero-order chi connectivity index (χ0) is 17.0. The van der Waals surface area contributed by atoms with E-state index in [1.165, 1.54) is 0 Å². The van der Waals surface area contributed by atoms with E-state index in [1.807, 2.05) is 13.8 Å². The molecule has 1 atom stereocenters. The second-order valence-corrected chi connectivity index (χ2v) is 8.23. The van der Waals surface area contributed by atoms with Crippen LogP contribution in [-0.2, 0) is 14.3 Å². The quantitative estimate of drug-likeness (QED) is 0.818. The highest BCUT2D eigenvalue weighted by atomic mass is 16.5. The van der Waals surface area contributed by atoms with E-state index in [4.69, 9.17) is 4.74 Å². The number of nitrogens with one attached hydrogen (secondary N) is 2. The number of hydrogen-bond acceptors (Lipinski definition) is 3. The van der Waals surface area contributed by atoms with Crippen molar-refractivity contribution in [2.24, 2.45) is 11.3 Å². The third-order valence-electron chi connectivity index (χ3n) is 3.78. The van der Waals surface area contributed by atoms with Crippen LogP contribution in [0.1, 0.15) is 60.8 Å². The molecule has 1 rings (SSSR count). The SMILES string of the molecule is CC(NC(=O)C1CCOCC1)C(=O)NC(C)(C)CC(C)(C)C. The molecular formula is C17H32N2O3. The molecule has 0 aromatic heterocycles. The highest BCUT2D eigenvalue weighted by Gasteiger charge is 2.30. The van der Waals surface area contributed by atoms with E-state index < -0.39 is 6.04 Å². The number of hydrogen-bond donors (Lipinski definition) is 2. The minimum absolute atomic E-state index is 0.0356. The van der Waals surface area contributed by atoms with Gasteiger partial charge in [0, 0.05) is 24.7 Å². The second kappa shape index (κ2) is 7.44. The lowest BCUT2D eigenvalue weighted by atomic mass is 9.81. The molecule has 1 saturated heterocycles. The van der Waals surface area contributed by atoms with Gasteiger partial charge < -0.3 is 15.4 Å². The molecule has 1 aliphatic rings. The fraction of sp³-hybridized carbons (Fsp3) is 0.882. The fourth-order valence-electron chi connectivity index (χ4n) is 3.17. The van der Waals surface area contributed by atoms with Crippen molar-refractivity contribution in [3.63, 3.8) is 0 Å². The zero-order valence-electron chi connectivity index (χ0n) is 14.9. The van der Waals surface area contributed by atoms with Crippen LogP contribution in [0.2, 0.25) is 0 Å². The summed E-state index contributed by atoms with van der Waals surface area (Å²) in [6.07, 6.45) is 2.33. The van der Waals surface area contributed by atoms with E-state index in [0.717, 1.165) is 19.3 Å². The van der Waals surface area contributed by atoms with Crippen molar-refractivity contribution in [3.05, 3.63) is 0 Å². The molecular weight excluding hydrogens is 280 g/mol. The number of rotatable bonds is 5. The van der Waals surface area contributed by atoms with Crippen molar-refractivity contribution in [2.75, 3.05) is 13.2 Å². The predicted octanol–water partition coefficient (Wildman–Crippen LogP) is 2.25. The lowest BCUT2D eigenvalue weighted by molar-refractivity contribution is -0.133. The van der Waals surface area contributed by atoms with Gasteiger partial charge >= 0.3 is 0 Å². The van der Waals surface area contributed by atoms with E-state index in [1.54, 1.807) is 6.92 Å². The monoisotopic (exact) mass is 312 g/mol. The van der Waals surface area contributed by atoms with Crippen molar-refractivity contribution in [1.29, 1.82) is 0 Å². The first-order valence-electron chi connectivity index (χ1n) is 8.20. The van der Waals surface area contributed by atoms with Crippen LogP contribution in [0, 0.1) is 11.3 Å².